The SMILES string of the molecule is COc1cc(OC2OC(CO)C(O)C(O)C2O)c(CCC(C)(C)O)cc1O. The van der Waals surface area contributed by atoms with E-state index < -0.39 is 42.9 Å². The van der Waals surface area contributed by atoms with E-state index in [-0.39, 0.29) is 17.2 Å². The smallest absolute Gasteiger partial charge is 0.229 e. The minimum Gasteiger partial charge on any atom is -0.504 e. The van der Waals surface area contributed by atoms with Crippen LogP contribution in [0.5, 0.6) is 17.2 Å². The Morgan fingerprint density at radius 1 is 1.07 bits per heavy atom. The van der Waals surface area contributed by atoms with Gasteiger partial charge in [-0.15, -0.1) is 0 Å². The van der Waals surface area contributed by atoms with Crippen molar-refractivity contribution in [3.8, 4) is 17.2 Å². The molecule has 1 aliphatic heterocycles. The lowest BCUT2D eigenvalue weighted by atomic mass is 9.97. The number of ether oxygens (including phenoxy) is 3. The third kappa shape index (κ3) is 5.22. The second-order valence-electron chi connectivity index (χ2n) is 7.26. The molecule has 1 aromatic rings. The summed E-state index contributed by atoms with van der Waals surface area (Å²) in [5.41, 5.74) is -0.428. The average Bonchev–Trinajstić information content (AvgIpc) is 2.61. The monoisotopic (exact) mass is 388 g/mol. The predicted octanol–water partition coefficient (Wildman–Crippen LogP) is -0.717. The van der Waals surface area contributed by atoms with Crippen LogP contribution in [0.3, 0.4) is 0 Å². The number of hydrogen-bond acceptors (Lipinski definition) is 9. The zero-order valence-corrected chi connectivity index (χ0v) is 15.6. The quantitative estimate of drug-likeness (QED) is 0.356. The van der Waals surface area contributed by atoms with Gasteiger partial charge in [-0.3, -0.25) is 0 Å². The first-order valence-corrected chi connectivity index (χ1v) is 8.67. The number of benzene rings is 1. The van der Waals surface area contributed by atoms with Crippen molar-refractivity contribution in [2.45, 2.75) is 63.0 Å². The molecule has 27 heavy (non-hydrogen) atoms. The highest BCUT2D eigenvalue weighted by Gasteiger charge is 2.45. The van der Waals surface area contributed by atoms with Crippen molar-refractivity contribution >= 4 is 0 Å². The van der Waals surface area contributed by atoms with Crippen LogP contribution < -0.4 is 9.47 Å². The van der Waals surface area contributed by atoms with Crippen molar-refractivity contribution in [2.24, 2.45) is 0 Å². The number of rotatable bonds is 7. The van der Waals surface area contributed by atoms with E-state index in [9.17, 15) is 30.6 Å². The summed E-state index contributed by atoms with van der Waals surface area (Å²) in [6.07, 6.45) is -6.39. The molecule has 0 amide bonds. The van der Waals surface area contributed by atoms with Crippen LogP contribution in [0.15, 0.2) is 12.1 Å². The molecule has 5 unspecified atom stereocenters. The Labute approximate surface area is 157 Å². The van der Waals surface area contributed by atoms with Crippen LogP contribution in [0.1, 0.15) is 25.8 Å². The van der Waals surface area contributed by atoms with Crippen molar-refractivity contribution in [2.75, 3.05) is 13.7 Å². The third-order valence-corrected chi connectivity index (χ3v) is 4.46. The molecule has 0 saturated carbocycles. The summed E-state index contributed by atoms with van der Waals surface area (Å²) in [4.78, 5) is 0. The molecule has 1 saturated heterocycles. The first-order valence-electron chi connectivity index (χ1n) is 8.67. The Balaban J connectivity index is 2.29. The van der Waals surface area contributed by atoms with Gasteiger partial charge in [0, 0.05) is 6.07 Å². The Hall–Kier alpha value is -1.62. The zero-order valence-electron chi connectivity index (χ0n) is 15.6. The number of aromatic hydroxyl groups is 1. The maximum Gasteiger partial charge on any atom is 0.229 e. The molecule has 9 heteroatoms. The van der Waals surface area contributed by atoms with E-state index in [1.54, 1.807) is 13.8 Å². The predicted molar refractivity (Wildman–Crippen MR) is 93.7 cm³/mol. The van der Waals surface area contributed by atoms with Gasteiger partial charge in [0.1, 0.15) is 30.2 Å². The van der Waals surface area contributed by atoms with Gasteiger partial charge in [0.2, 0.25) is 6.29 Å². The first-order chi connectivity index (χ1) is 12.6. The van der Waals surface area contributed by atoms with Crippen LogP contribution >= 0.6 is 0 Å². The standard InChI is InChI=1S/C18H28O9/c1-18(2,24)5-4-9-6-10(20)12(25-3)7-11(9)26-17-16(23)15(22)14(21)13(8-19)27-17/h6-7,13-17,19-24H,4-5,8H2,1-3H3. The Morgan fingerprint density at radius 3 is 2.30 bits per heavy atom. The van der Waals surface area contributed by atoms with Crippen molar-refractivity contribution in [3.05, 3.63) is 17.7 Å². The minimum atomic E-state index is -1.57. The van der Waals surface area contributed by atoms with Crippen LogP contribution in [0.25, 0.3) is 0 Å². The second kappa shape index (κ2) is 8.59. The molecule has 0 spiro atoms. The summed E-state index contributed by atoms with van der Waals surface area (Å²) in [6.45, 7) is 2.72. The van der Waals surface area contributed by atoms with Crippen LogP contribution in [0.4, 0.5) is 0 Å². The topological polar surface area (TPSA) is 149 Å². The zero-order chi connectivity index (χ0) is 20.4. The normalized spacial score (nSPS) is 28.8. The summed E-state index contributed by atoms with van der Waals surface area (Å²) >= 11 is 0. The minimum absolute atomic E-state index is 0.121. The van der Waals surface area contributed by atoms with E-state index in [2.05, 4.69) is 0 Å². The molecule has 0 aliphatic carbocycles. The Kier molecular flexibility index (Phi) is 6.90. The highest BCUT2D eigenvalue weighted by atomic mass is 16.7. The molecule has 5 atom stereocenters. The summed E-state index contributed by atoms with van der Waals surface area (Å²) < 4.78 is 16.1. The maximum absolute atomic E-state index is 10.2. The number of methoxy groups -OCH3 is 1. The molecule has 9 nitrogen and oxygen atoms in total. The molecule has 0 radical (unpaired) electrons. The van der Waals surface area contributed by atoms with E-state index in [1.165, 1.54) is 19.2 Å². The van der Waals surface area contributed by atoms with Gasteiger partial charge in [0.25, 0.3) is 0 Å². The molecular weight excluding hydrogens is 360 g/mol. The average molecular weight is 388 g/mol. The number of aliphatic hydroxyl groups excluding tert-OH is 4. The van der Waals surface area contributed by atoms with E-state index in [0.717, 1.165) is 0 Å². The van der Waals surface area contributed by atoms with Crippen LogP contribution in [-0.4, -0.2) is 80.7 Å². The number of phenolic OH excluding ortho intramolecular Hbond substituents is 1. The second-order valence-corrected chi connectivity index (χ2v) is 7.26. The first kappa shape index (κ1) is 21.7. The highest BCUT2D eigenvalue weighted by Crippen LogP contribution is 2.36. The highest BCUT2D eigenvalue weighted by molar-refractivity contribution is 5.50. The summed E-state index contributed by atoms with van der Waals surface area (Å²) in [5, 5.41) is 59.2. The molecule has 6 N–H and O–H groups in total. The van der Waals surface area contributed by atoms with E-state index in [4.69, 9.17) is 14.2 Å². The lowest BCUT2D eigenvalue weighted by molar-refractivity contribution is -0.277. The lowest BCUT2D eigenvalue weighted by Gasteiger charge is -2.39. The van der Waals surface area contributed by atoms with Gasteiger partial charge in [0.05, 0.1) is 19.3 Å². The molecule has 1 heterocycles. The summed E-state index contributed by atoms with van der Waals surface area (Å²) in [6, 6.07) is 2.82. The van der Waals surface area contributed by atoms with Crippen LogP contribution in [0.2, 0.25) is 0 Å². The number of phenols is 1. The number of hydrogen-bond donors (Lipinski definition) is 6. The lowest BCUT2D eigenvalue weighted by Crippen LogP contribution is -2.60. The largest absolute Gasteiger partial charge is 0.504 e. The maximum atomic E-state index is 10.2. The molecule has 1 aliphatic rings. The molecule has 154 valence electrons. The van der Waals surface area contributed by atoms with Crippen LogP contribution in [0, 0.1) is 0 Å². The van der Waals surface area contributed by atoms with E-state index in [0.29, 0.717) is 18.4 Å². The molecule has 1 fully saturated rings. The number of aliphatic hydroxyl groups is 5. The van der Waals surface area contributed by atoms with Crippen LogP contribution in [-0.2, 0) is 11.2 Å². The third-order valence-electron chi connectivity index (χ3n) is 4.46. The van der Waals surface area contributed by atoms with E-state index >= 15 is 0 Å². The van der Waals surface area contributed by atoms with Gasteiger partial charge in [-0.05, 0) is 38.3 Å². The number of aryl methyl sites for hydroxylation is 1. The van der Waals surface area contributed by atoms with Gasteiger partial charge in [-0.25, -0.2) is 0 Å². The fraction of sp³-hybridized carbons (Fsp3) is 0.667. The fourth-order valence-corrected chi connectivity index (χ4v) is 2.79. The van der Waals surface area contributed by atoms with Crippen molar-refractivity contribution in [1.82, 2.24) is 0 Å². The molecular formula is C18H28O9. The van der Waals surface area contributed by atoms with Gasteiger partial charge < -0.3 is 44.8 Å². The summed E-state index contributed by atoms with van der Waals surface area (Å²) in [7, 11) is 1.36. The Morgan fingerprint density at radius 2 is 1.74 bits per heavy atom. The van der Waals surface area contributed by atoms with Gasteiger partial charge in [0.15, 0.2) is 11.5 Å². The van der Waals surface area contributed by atoms with Crippen molar-refractivity contribution in [1.29, 1.82) is 0 Å². The Bertz CT molecular complexity index is 626. The molecule has 0 aromatic heterocycles. The molecule has 2 rings (SSSR count). The summed E-state index contributed by atoms with van der Waals surface area (Å²) in [5.74, 6) is 0.212. The van der Waals surface area contributed by atoms with Gasteiger partial charge in [-0.1, -0.05) is 0 Å². The van der Waals surface area contributed by atoms with Gasteiger partial charge in [-0.2, -0.15) is 0 Å². The van der Waals surface area contributed by atoms with Crippen molar-refractivity contribution in [3.63, 3.8) is 0 Å². The molecule has 0 bridgehead atoms. The van der Waals surface area contributed by atoms with E-state index in [1.807, 2.05) is 0 Å². The molecule has 1 aromatic carbocycles. The van der Waals surface area contributed by atoms with Gasteiger partial charge >= 0.3 is 0 Å². The van der Waals surface area contributed by atoms with Crippen molar-refractivity contribution < 1.29 is 44.8 Å². The fourth-order valence-electron chi connectivity index (χ4n) is 2.79.